The molecule has 3 heterocycles. The second kappa shape index (κ2) is 7.15. The summed E-state index contributed by atoms with van der Waals surface area (Å²) in [5.74, 6) is 0.0557. The van der Waals surface area contributed by atoms with Crippen LogP contribution in [0.15, 0.2) is 12.4 Å². The van der Waals surface area contributed by atoms with Crippen molar-refractivity contribution in [2.24, 2.45) is 5.41 Å². The zero-order valence-electron chi connectivity index (χ0n) is 15.1. The summed E-state index contributed by atoms with van der Waals surface area (Å²) in [7, 11) is 0. The Hall–Kier alpha value is -1.89. The number of aliphatic carboxylic acids is 1. The lowest BCUT2D eigenvalue weighted by molar-refractivity contribution is -0.147. The van der Waals surface area contributed by atoms with Crippen molar-refractivity contribution in [3.8, 4) is 0 Å². The van der Waals surface area contributed by atoms with Crippen LogP contribution in [0.3, 0.4) is 0 Å². The van der Waals surface area contributed by atoms with E-state index < -0.39 is 12.0 Å². The van der Waals surface area contributed by atoms with Crippen LogP contribution in [0.1, 0.15) is 38.4 Å². The van der Waals surface area contributed by atoms with Crippen LogP contribution < -0.4 is 0 Å². The Morgan fingerprint density at radius 1 is 1.32 bits per heavy atom. The number of piperidine rings is 1. The van der Waals surface area contributed by atoms with Gasteiger partial charge in [0.15, 0.2) is 0 Å². The third-order valence-corrected chi connectivity index (χ3v) is 5.91. The van der Waals surface area contributed by atoms with E-state index in [2.05, 4.69) is 14.5 Å². The molecule has 0 aromatic carbocycles. The van der Waals surface area contributed by atoms with Crippen molar-refractivity contribution in [2.45, 2.75) is 52.1 Å². The molecule has 2 aliphatic heterocycles. The highest BCUT2D eigenvalue weighted by Crippen LogP contribution is 2.43. The number of aromatic nitrogens is 2. The number of imidazole rings is 1. The second-order valence-corrected chi connectivity index (χ2v) is 7.57. The molecule has 0 aliphatic carbocycles. The molecule has 3 rings (SSSR count). The Labute approximate surface area is 148 Å². The van der Waals surface area contributed by atoms with Gasteiger partial charge in [-0.15, -0.1) is 0 Å². The minimum Gasteiger partial charge on any atom is -0.480 e. The highest BCUT2D eigenvalue weighted by molar-refractivity contribution is 5.83. The number of likely N-dealkylation sites (tertiary alicyclic amines) is 2. The summed E-state index contributed by atoms with van der Waals surface area (Å²) in [4.78, 5) is 31.5. The van der Waals surface area contributed by atoms with Gasteiger partial charge in [-0.2, -0.15) is 0 Å². The topological polar surface area (TPSA) is 78.7 Å². The monoisotopic (exact) mass is 348 g/mol. The number of rotatable bonds is 5. The van der Waals surface area contributed by atoms with Crippen molar-refractivity contribution in [3.63, 3.8) is 0 Å². The molecule has 1 spiro atoms. The van der Waals surface area contributed by atoms with Crippen LogP contribution in [0, 0.1) is 12.3 Å². The summed E-state index contributed by atoms with van der Waals surface area (Å²) in [6, 6.07) is -0.645. The maximum absolute atomic E-state index is 11.8. The fraction of sp³-hybridized carbons (Fsp3) is 0.722. The number of carbonyl (C=O) groups is 2. The van der Waals surface area contributed by atoms with Gasteiger partial charge in [0, 0.05) is 32.4 Å². The van der Waals surface area contributed by atoms with E-state index in [0.29, 0.717) is 13.0 Å². The molecule has 2 aliphatic rings. The molecule has 138 valence electrons. The maximum Gasteiger partial charge on any atom is 0.326 e. The number of hydrogen-bond donors (Lipinski definition) is 1. The van der Waals surface area contributed by atoms with Gasteiger partial charge in [0.25, 0.3) is 0 Å². The first-order chi connectivity index (χ1) is 11.9. The van der Waals surface area contributed by atoms with Crippen LogP contribution in [-0.4, -0.2) is 68.6 Å². The Balaban J connectivity index is 1.49. The molecule has 0 bridgehead atoms. The number of aryl methyl sites for hydroxylation is 2. The van der Waals surface area contributed by atoms with Gasteiger partial charge in [-0.05, 0) is 57.7 Å². The molecule has 25 heavy (non-hydrogen) atoms. The Kier molecular flexibility index (Phi) is 5.13. The van der Waals surface area contributed by atoms with E-state index >= 15 is 0 Å². The van der Waals surface area contributed by atoms with Crippen LogP contribution >= 0.6 is 0 Å². The number of carboxylic acid groups (broad SMARTS) is 1. The minimum absolute atomic E-state index is 0.00778. The van der Waals surface area contributed by atoms with Crippen molar-refractivity contribution < 1.29 is 14.7 Å². The van der Waals surface area contributed by atoms with Gasteiger partial charge in [-0.1, -0.05) is 0 Å². The van der Waals surface area contributed by atoms with Crippen LogP contribution in [0.2, 0.25) is 0 Å². The van der Waals surface area contributed by atoms with Crippen molar-refractivity contribution in [3.05, 3.63) is 18.2 Å². The number of carbonyl (C=O) groups excluding carboxylic acids is 1. The number of amides is 1. The summed E-state index contributed by atoms with van der Waals surface area (Å²) in [5, 5.41) is 9.42. The van der Waals surface area contributed by atoms with Crippen molar-refractivity contribution in [2.75, 3.05) is 26.2 Å². The Morgan fingerprint density at radius 2 is 2.04 bits per heavy atom. The average Bonchev–Trinajstić information content (AvgIpc) is 3.14. The molecule has 1 amide bonds. The summed E-state index contributed by atoms with van der Waals surface area (Å²) in [6.45, 7) is 8.09. The zero-order valence-corrected chi connectivity index (χ0v) is 15.1. The van der Waals surface area contributed by atoms with Crippen molar-refractivity contribution >= 4 is 11.9 Å². The summed E-state index contributed by atoms with van der Waals surface area (Å²) >= 11 is 0. The van der Waals surface area contributed by atoms with Gasteiger partial charge < -0.3 is 19.5 Å². The molecule has 1 aromatic heterocycles. The molecular weight excluding hydrogens is 320 g/mol. The zero-order chi connectivity index (χ0) is 18.0. The molecule has 7 nitrogen and oxygen atoms in total. The molecule has 0 saturated carbocycles. The number of carboxylic acids is 1. The number of nitrogens with zero attached hydrogens (tertiary/aromatic N) is 4. The highest BCUT2D eigenvalue weighted by atomic mass is 16.4. The molecule has 7 heteroatoms. The van der Waals surface area contributed by atoms with E-state index in [9.17, 15) is 14.7 Å². The fourth-order valence-corrected chi connectivity index (χ4v) is 4.33. The molecular formula is C18H28N4O3. The van der Waals surface area contributed by atoms with Gasteiger partial charge in [0.1, 0.15) is 11.9 Å². The van der Waals surface area contributed by atoms with E-state index in [4.69, 9.17) is 0 Å². The SMILES string of the molecule is CC(=O)N1CC2(CCN(CCCn3ccnc3C)CC2)C[C@H]1C(=O)O. The molecule has 0 radical (unpaired) electrons. The van der Waals surface area contributed by atoms with Gasteiger partial charge >= 0.3 is 5.97 Å². The molecule has 1 aromatic rings. The Morgan fingerprint density at radius 3 is 2.56 bits per heavy atom. The normalized spacial score (nSPS) is 23.3. The lowest BCUT2D eigenvalue weighted by Crippen LogP contribution is -2.42. The number of hydrogen-bond acceptors (Lipinski definition) is 4. The first-order valence-electron chi connectivity index (χ1n) is 9.10. The van der Waals surface area contributed by atoms with Gasteiger partial charge in [-0.25, -0.2) is 9.78 Å². The third kappa shape index (κ3) is 3.86. The van der Waals surface area contributed by atoms with Crippen LogP contribution in [0.5, 0.6) is 0 Å². The van der Waals surface area contributed by atoms with Crippen molar-refractivity contribution in [1.82, 2.24) is 19.4 Å². The summed E-state index contributed by atoms with van der Waals surface area (Å²) < 4.78 is 2.17. The fourth-order valence-electron chi connectivity index (χ4n) is 4.33. The van der Waals surface area contributed by atoms with Crippen molar-refractivity contribution in [1.29, 1.82) is 0 Å². The molecule has 2 saturated heterocycles. The standard InChI is InChI=1S/C18H28N4O3/c1-14-19-6-11-21(14)8-3-7-20-9-4-18(5-10-20)12-16(17(24)25)22(13-18)15(2)23/h6,11,16H,3-5,7-10,12-13H2,1-2H3,(H,24,25)/t16-/m0/s1. The maximum atomic E-state index is 11.8. The predicted octanol–water partition coefficient (Wildman–Crippen LogP) is 1.37. The van der Waals surface area contributed by atoms with E-state index in [1.54, 1.807) is 4.90 Å². The average molecular weight is 348 g/mol. The molecule has 1 atom stereocenters. The second-order valence-electron chi connectivity index (χ2n) is 7.57. The van der Waals surface area contributed by atoms with E-state index in [0.717, 1.165) is 51.3 Å². The minimum atomic E-state index is -0.870. The van der Waals surface area contributed by atoms with Crippen LogP contribution in [0.25, 0.3) is 0 Å². The van der Waals surface area contributed by atoms with Crippen LogP contribution in [-0.2, 0) is 16.1 Å². The van der Waals surface area contributed by atoms with E-state index in [1.807, 2.05) is 19.3 Å². The first-order valence-corrected chi connectivity index (χ1v) is 9.10. The van der Waals surface area contributed by atoms with Gasteiger partial charge in [0.05, 0.1) is 0 Å². The lowest BCUT2D eigenvalue weighted by Gasteiger charge is -2.39. The first kappa shape index (κ1) is 17.9. The molecule has 1 N–H and O–H groups in total. The molecule has 2 fully saturated rings. The third-order valence-electron chi connectivity index (χ3n) is 5.91. The summed E-state index contributed by atoms with van der Waals surface area (Å²) in [5.41, 5.74) is -0.00778. The van der Waals surface area contributed by atoms with Crippen LogP contribution in [0.4, 0.5) is 0 Å². The predicted molar refractivity (Wildman–Crippen MR) is 93.1 cm³/mol. The molecule has 0 unspecified atom stereocenters. The van der Waals surface area contributed by atoms with Gasteiger partial charge in [0.2, 0.25) is 5.91 Å². The summed E-state index contributed by atoms with van der Waals surface area (Å²) in [6.07, 6.45) is 7.49. The van der Waals surface area contributed by atoms with Gasteiger partial charge in [-0.3, -0.25) is 4.79 Å². The highest BCUT2D eigenvalue weighted by Gasteiger charge is 2.48. The quantitative estimate of drug-likeness (QED) is 0.869. The largest absolute Gasteiger partial charge is 0.480 e. The van der Waals surface area contributed by atoms with E-state index in [1.165, 1.54) is 6.92 Å². The smallest absolute Gasteiger partial charge is 0.326 e. The Bertz CT molecular complexity index is 610. The lowest BCUT2D eigenvalue weighted by atomic mass is 9.76. The van der Waals surface area contributed by atoms with E-state index in [-0.39, 0.29) is 11.3 Å².